The molecule has 1 rings (SSSR count). The molecule has 0 aromatic heterocycles. The molecule has 12 nitrogen and oxygen atoms in total. The average molecular weight is 598 g/mol. The minimum atomic E-state index is -5.44. The van der Waals surface area contributed by atoms with Crippen molar-refractivity contribution in [1.29, 1.82) is 0 Å². The molecule has 0 spiro atoms. The van der Waals surface area contributed by atoms with Gasteiger partial charge in [0.1, 0.15) is 6.10 Å². The maximum atomic E-state index is 12.4. The fourth-order valence-corrected chi connectivity index (χ4v) is 4.14. The zero-order chi connectivity index (χ0) is 31.1. The van der Waals surface area contributed by atoms with Gasteiger partial charge in [-0.3, -0.25) is 4.79 Å². The molecule has 3 atom stereocenters. The fourth-order valence-electron chi connectivity index (χ4n) is 4.14. The summed E-state index contributed by atoms with van der Waals surface area (Å²) < 4.78 is 51.0. The van der Waals surface area contributed by atoms with Gasteiger partial charge in [0.2, 0.25) is 11.7 Å². The molecule has 0 unspecified atom stereocenters. The van der Waals surface area contributed by atoms with Gasteiger partial charge in [0.05, 0.1) is 12.1 Å². The summed E-state index contributed by atoms with van der Waals surface area (Å²) in [4.78, 5) is 46.6. The molecule has 0 aliphatic carbocycles. The second kappa shape index (κ2) is 17.8. The summed E-state index contributed by atoms with van der Waals surface area (Å²) in [5.41, 5.74) is 5.91. The van der Waals surface area contributed by atoms with Crippen LogP contribution in [0, 0.1) is 0 Å². The Morgan fingerprint density at radius 1 is 1.00 bits per heavy atom. The van der Waals surface area contributed by atoms with Gasteiger partial charge in [-0.05, 0) is 18.9 Å². The van der Waals surface area contributed by atoms with E-state index in [9.17, 15) is 42.6 Å². The molecule has 0 saturated carbocycles. The Bertz CT molecular complexity index is 897. The largest absolute Gasteiger partial charge is 0.491 e. The summed E-state index contributed by atoms with van der Waals surface area (Å²) in [6.45, 7) is 3.57. The van der Waals surface area contributed by atoms with Crippen LogP contribution in [0.1, 0.15) is 90.9 Å². The molecular weight excluding hydrogens is 555 g/mol. The van der Waals surface area contributed by atoms with Crippen molar-refractivity contribution < 1.29 is 56.8 Å². The van der Waals surface area contributed by atoms with Crippen molar-refractivity contribution in [2.75, 3.05) is 6.54 Å². The van der Waals surface area contributed by atoms with Crippen LogP contribution in [0.3, 0.4) is 0 Å². The molecule has 236 valence electrons. The molecule has 15 heteroatoms. The molecule has 1 heterocycles. The van der Waals surface area contributed by atoms with Crippen LogP contribution in [0.4, 0.5) is 18.0 Å². The van der Waals surface area contributed by atoms with Crippen molar-refractivity contribution in [1.82, 2.24) is 10.6 Å². The third-order valence-electron chi connectivity index (χ3n) is 6.24. The van der Waals surface area contributed by atoms with E-state index < -0.39 is 72.9 Å². The zero-order valence-corrected chi connectivity index (χ0v) is 23.5. The monoisotopic (exact) mass is 597 g/mol. The Morgan fingerprint density at radius 2 is 1.56 bits per heavy atom. The molecule has 0 radical (unpaired) electrons. The van der Waals surface area contributed by atoms with E-state index in [1.165, 1.54) is 38.5 Å². The summed E-state index contributed by atoms with van der Waals surface area (Å²) in [7, 11) is 0. The lowest BCUT2D eigenvalue weighted by Crippen LogP contribution is -2.57. The first-order chi connectivity index (χ1) is 19.2. The van der Waals surface area contributed by atoms with Gasteiger partial charge in [-0.1, -0.05) is 64.7 Å². The predicted octanol–water partition coefficient (Wildman–Crippen LogP) is 2.80. The van der Waals surface area contributed by atoms with Crippen LogP contribution < -0.4 is 16.4 Å². The Kier molecular flexibility index (Phi) is 15.7. The number of ether oxygens (including phenoxy) is 3. The van der Waals surface area contributed by atoms with Crippen molar-refractivity contribution in [2.24, 2.45) is 5.73 Å². The van der Waals surface area contributed by atoms with E-state index >= 15 is 0 Å². The van der Waals surface area contributed by atoms with E-state index in [1.807, 2.05) is 0 Å². The molecule has 0 saturated heterocycles. The fraction of sp³-hybridized carbons (Fsp3) is 0.769. The van der Waals surface area contributed by atoms with Gasteiger partial charge in [-0.2, -0.15) is 13.2 Å². The zero-order valence-electron chi connectivity index (χ0n) is 23.5. The number of amides is 2. The smallest absolute Gasteiger partial charge is 0.481 e. The maximum Gasteiger partial charge on any atom is 0.491 e. The first-order valence-electron chi connectivity index (χ1n) is 13.8. The molecule has 1 aliphatic rings. The number of nitrogens with two attached hydrogens (primary N) is 1. The number of esters is 2. The first-order valence-corrected chi connectivity index (χ1v) is 13.8. The number of hydrogen-bond acceptors (Lipinski definition) is 10. The quantitative estimate of drug-likeness (QED) is 0.0722. The molecular formula is C26H42F3N3O9. The summed E-state index contributed by atoms with van der Waals surface area (Å²) in [6.07, 6.45) is 2.93. The number of alkyl carbamates (subject to hydrolysis) is 1. The van der Waals surface area contributed by atoms with Crippen LogP contribution >= 0.6 is 0 Å². The van der Waals surface area contributed by atoms with Crippen LogP contribution in [0.2, 0.25) is 0 Å². The number of alkyl halides is 3. The molecule has 1 aliphatic heterocycles. The standard InChI is InChI=1S/C26H42F3N3O9/c1-3-4-5-6-7-8-9-10-11-12-15-31-24(36)41-25(37,38)14-13-19-21(32-17(2)33)18(30)16-20(39-19)22(34)40-23(35)26(27,28)29/h16,18-19,21,37-38H,3-15,30H2,1-2H3,(H,31,36)(H,32,33)/t18-,19+,21+/m0/s1. The second-order valence-corrected chi connectivity index (χ2v) is 9.95. The molecule has 41 heavy (non-hydrogen) atoms. The van der Waals surface area contributed by atoms with Gasteiger partial charge in [0, 0.05) is 19.9 Å². The predicted molar refractivity (Wildman–Crippen MR) is 138 cm³/mol. The van der Waals surface area contributed by atoms with Gasteiger partial charge in [-0.25, -0.2) is 14.4 Å². The average Bonchev–Trinajstić information content (AvgIpc) is 2.86. The lowest BCUT2D eigenvalue weighted by Gasteiger charge is -2.36. The highest BCUT2D eigenvalue weighted by Crippen LogP contribution is 2.26. The first kappa shape index (κ1) is 36.1. The number of unbranched alkanes of at least 4 members (excludes halogenated alkanes) is 9. The van der Waals surface area contributed by atoms with Gasteiger partial charge in [0.25, 0.3) is 0 Å². The van der Waals surface area contributed by atoms with E-state index in [4.69, 9.17) is 10.5 Å². The summed E-state index contributed by atoms with van der Waals surface area (Å²) in [5, 5.41) is 25.1. The SMILES string of the molecule is CCCCCCCCCCCCNC(=O)OC(O)(O)CC[C@H]1OC(C(=O)OC(=O)C(F)(F)F)=C[C@H](N)[C@H]1NC(C)=O. The number of aliphatic hydroxyl groups is 2. The van der Waals surface area contributed by atoms with Crippen molar-refractivity contribution >= 4 is 23.9 Å². The molecule has 0 fully saturated rings. The van der Waals surface area contributed by atoms with Gasteiger partial charge in [0.15, 0.2) is 0 Å². The number of carbonyl (C=O) groups is 4. The van der Waals surface area contributed by atoms with Crippen molar-refractivity contribution in [3.05, 3.63) is 11.8 Å². The van der Waals surface area contributed by atoms with Crippen LogP contribution in [0.15, 0.2) is 11.8 Å². The van der Waals surface area contributed by atoms with Crippen LogP contribution in [-0.2, 0) is 28.6 Å². The third-order valence-corrected chi connectivity index (χ3v) is 6.24. The van der Waals surface area contributed by atoms with Crippen LogP contribution in [-0.4, -0.2) is 71.0 Å². The number of halogens is 3. The van der Waals surface area contributed by atoms with Crippen molar-refractivity contribution in [3.8, 4) is 0 Å². The highest BCUT2D eigenvalue weighted by molar-refractivity contribution is 5.96. The van der Waals surface area contributed by atoms with Gasteiger partial charge >= 0.3 is 30.2 Å². The van der Waals surface area contributed by atoms with Gasteiger partial charge < -0.3 is 40.8 Å². The van der Waals surface area contributed by atoms with E-state index in [0.717, 1.165) is 32.3 Å². The van der Waals surface area contributed by atoms with Crippen molar-refractivity contribution in [3.63, 3.8) is 0 Å². The second-order valence-electron chi connectivity index (χ2n) is 9.95. The summed E-state index contributed by atoms with van der Waals surface area (Å²) in [6, 6.07) is -2.26. The van der Waals surface area contributed by atoms with Gasteiger partial charge in [-0.15, -0.1) is 0 Å². The highest BCUT2D eigenvalue weighted by Gasteiger charge is 2.44. The molecule has 0 bridgehead atoms. The normalized spacial score (nSPS) is 19.0. The highest BCUT2D eigenvalue weighted by atomic mass is 19.4. The van der Waals surface area contributed by atoms with E-state index in [1.54, 1.807) is 0 Å². The number of carbonyl (C=O) groups excluding carboxylic acids is 4. The summed E-state index contributed by atoms with van der Waals surface area (Å²) >= 11 is 0. The van der Waals surface area contributed by atoms with E-state index in [-0.39, 0.29) is 6.54 Å². The van der Waals surface area contributed by atoms with E-state index in [0.29, 0.717) is 6.42 Å². The maximum absolute atomic E-state index is 12.4. The Labute approximate surface area is 237 Å². The molecule has 0 aromatic carbocycles. The lowest BCUT2D eigenvalue weighted by molar-refractivity contribution is -0.312. The van der Waals surface area contributed by atoms with Crippen LogP contribution in [0.5, 0.6) is 0 Å². The van der Waals surface area contributed by atoms with Crippen LogP contribution in [0.25, 0.3) is 0 Å². The minimum absolute atomic E-state index is 0.253. The third kappa shape index (κ3) is 15.0. The van der Waals surface area contributed by atoms with E-state index in [2.05, 4.69) is 27.0 Å². The molecule has 2 amide bonds. The Balaban J connectivity index is 2.54. The number of hydrogen-bond donors (Lipinski definition) is 5. The summed E-state index contributed by atoms with van der Waals surface area (Å²) in [5.74, 6) is -8.98. The lowest BCUT2D eigenvalue weighted by atomic mass is 9.95. The Hall–Kier alpha value is -2.91. The Morgan fingerprint density at radius 3 is 2.10 bits per heavy atom. The molecule has 6 N–H and O–H groups in total. The topological polar surface area (TPSA) is 187 Å². The van der Waals surface area contributed by atoms with Crippen molar-refractivity contribution in [2.45, 2.75) is 121 Å². The minimum Gasteiger partial charge on any atom is -0.481 e. The number of nitrogens with one attached hydrogen (secondary N) is 2. The molecule has 0 aromatic rings. The number of rotatable bonds is 17.